The Morgan fingerprint density at radius 2 is 1.85 bits per heavy atom. The lowest BCUT2D eigenvalue weighted by Crippen LogP contribution is -2.58. The van der Waals surface area contributed by atoms with Gasteiger partial charge in [0.15, 0.2) is 0 Å². The summed E-state index contributed by atoms with van der Waals surface area (Å²) in [4.78, 5) is 26.0. The fourth-order valence-corrected chi connectivity index (χ4v) is 4.51. The molecule has 3 rings (SSSR count). The Morgan fingerprint density at radius 3 is 2.52 bits per heavy atom. The lowest BCUT2D eigenvalue weighted by atomic mass is 9.87. The maximum absolute atomic E-state index is 12.9. The molecular formula is C24H38N6O3. The van der Waals surface area contributed by atoms with Crippen molar-refractivity contribution in [1.82, 2.24) is 4.90 Å². The van der Waals surface area contributed by atoms with Gasteiger partial charge in [0.25, 0.3) is 0 Å². The van der Waals surface area contributed by atoms with E-state index in [0.29, 0.717) is 36.8 Å². The number of likely N-dealkylation sites (N-methyl/N-ethyl adjacent to an activating group) is 1. The van der Waals surface area contributed by atoms with Gasteiger partial charge in [-0.2, -0.15) is 4.99 Å². The number of nitrogens with two attached hydrogens (primary N) is 2. The van der Waals surface area contributed by atoms with Gasteiger partial charge in [0.05, 0.1) is 17.9 Å². The van der Waals surface area contributed by atoms with Gasteiger partial charge in [0.1, 0.15) is 18.0 Å². The molecule has 0 atom stereocenters. The SMILES string of the molecule is CCCOc1ccc(C(=O)OCCN(CC)CC)cc1N1C(N)=NC(N)=NC12CCCCC2. The van der Waals surface area contributed by atoms with E-state index in [1.54, 1.807) is 18.2 Å². The number of nitrogens with zero attached hydrogens (tertiary/aromatic N) is 4. The molecule has 1 aromatic rings. The molecule has 1 aliphatic carbocycles. The molecule has 0 unspecified atom stereocenters. The summed E-state index contributed by atoms with van der Waals surface area (Å²) < 4.78 is 11.6. The zero-order chi connectivity index (χ0) is 23.8. The van der Waals surface area contributed by atoms with Crippen molar-refractivity contribution in [2.75, 3.05) is 37.7 Å². The van der Waals surface area contributed by atoms with Gasteiger partial charge < -0.3 is 25.8 Å². The third kappa shape index (κ3) is 5.76. The number of rotatable bonds is 10. The number of carbonyl (C=O) groups is 1. The summed E-state index contributed by atoms with van der Waals surface area (Å²) in [6, 6.07) is 5.31. The van der Waals surface area contributed by atoms with Gasteiger partial charge in [0.2, 0.25) is 11.9 Å². The average Bonchev–Trinajstić information content (AvgIpc) is 2.80. The van der Waals surface area contributed by atoms with Crippen molar-refractivity contribution in [2.24, 2.45) is 21.5 Å². The van der Waals surface area contributed by atoms with E-state index >= 15 is 0 Å². The molecule has 33 heavy (non-hydrogen) atoms. The van der Waals surface area contributed by atoms with Crippen LogP contribution in [0, 0.1) is 0 Å². The highest BCUT2D eigenvalue weighted by Gasteiger charge is 2.43. The predicted octanol–water partition coefficient (Wildman–Crippen LogP) is 3.08. The molecule has 1 spiro atoms. The van der Waals surface area contributed by atoms with Gasteiger partial charge >= 0.3 is 5.97 Å². The first-order valence-corrected chi connectivity index (χ1v) is 12.1. The van der Waals surface area contributed by atoms with E-state index in [4.69, 9.17) is 25.9 Å². The number of guanidine groups is 2. The second-order valence-corrected chi connectivity index (χ2v) is 8.51. The molecule has 1 aromatic carbocycles. The number of benzene rings is 1. The van der Waals surface area contributed by atoms with E-state index in [0.717, 1.165) is 51.6 Å². The highest BCUT2D eigenvalue weighted by molar-refractivity contribution is 6.07. The molecule has 4 N–H and O–H groups in total. The van der Waals surface area contributed by atoms with Gasteiger partial charge in [-0.05, 0) is 63.4 Å². The Kier molecular flexibility index (Phi) is 8.55. The second kappa shape index (κ2) is 11.4. The quantitative estimate of drug-likeness (QED) is 0.517. The third-order valence-corrected chi connectivity index (χ3v) is 6.28. The van der Waals surface area contributed by atoms with E-state index < -0.39 is 5.66 Å². The summed E-state index contributed by atoms with van der Waals surface area (Å²) in [6.07, 6.45) is 5.62. The number of anilines is 1. The van der Waals surface area contributed by atoms with Gasteiger partial charge in [-0.1, -0.05) is 27.2 Å². The lowest BCUT2D eigenvalue weighted by Gasteiger charge is -2.46. The first-order chi connectivity index (χ1) is 15.9. The predicted molar refractivity (Wildman–Crippen MR) is 132 cm³/mol. The van der Waals surface area contributed by atoms with E-state index in [2.05, 4.69) is 23.7 Å². The Balaban J connectivity index is 1.93. The fourth-order valence-electron chi connectivity index (χ4n) is 4.51. The smallest absolute Gasteiger partial charge is 0.338 e. The van der Waals surface area contributed by atoms with Crippen molar-refractivity contribution in [3.8, 4) is 5.75 Å². The lowest BCUT2D eigenvalue weighted by molar-refractivity contribution is 0.0466. The van der Waals surface area contributed by atoms with E-state index in [9.17, 15) is 4.79 Å². The molecule has 1 heterocycles. The zero-order valence-corrected chi connectivity index (χ0v) is 20.2. The minimum atomic E-state index is -0.621. The zero-order valence-electron chi connectivity index (χ0n) is 20.2. The van der Waals surface area contributed by atoms with E-state index in [-0.39, 0.29) is 17.9 Å². The van der Waals surface area contributed by atoms with Crippen LogP contribution in [0.3, 0.4) is 0 Å². The first-order valence-electron chi connectivity index (χ1n) is 12.1. The number of esters is 1. The van der Waals surface area contributed by atoms with Crippen molar-refractivity contribution in [2.45, 2.75) is 65.0 Å². The van der Waals surface area contributed by atoms with Crippen LogP contribution in [-0.4, -0.2) is 61.3 Å². The first kappa shape index (κ1) is 24.8. The van der Waals surface area contributed by atoms with Crippen LogP contribution in [0.5, 0.6) is 5.75 Å². The average molecular weight is 459 g/mol. The molecule has 0 aromatic heterocycles. The van der Waals surface area contributed by atoms with Crippen LogP contribution in [0.25, 0.3) is 0 Å². The van der Waals surface area contributed by atoms with Crippen molar-refractivity contribution in [1.29, 1.82) is 0 Å². The van der Waals surface area contributed by atoms with Crippen LogP contribution in [0.15, 0.2) is 28.2 Å². The van der Waals surface area contributed by atoms with Gasteiger partial charge in [-0.3, -0.25) is 4.90 Å². The molecule has 0 saturated heterocycles. The van der Waals surface area contributed by atoms with Crippen LogP contribution in [0.2, 0.25) is 0 Å². The molecule has 182 valence electrons. The summed E-state index contributed by atoms with van der Waals surface area (Å²) in [7, 11) is 0. The van der Waals surface area contributed by atoms with Gasteiger partial charge in [-0.25, -0.2) is 9.79 Å². The van der Waals surface area contributed by atoms with E-state index in [1.165, 1.54) is 0 Å². The maximum Gasteiger partial charge on any atom is 0.338 e. The number of aliphatic imine (C=N–C) groups is 2. The number of ether oxygens (including phenoxy) is 2. The molecule has 1 saturated carbocycles. The summed E-state index contributed by atoms with van der Waals surface area (Å²) in [5, 5.41) is 0. The Morgan fingerprint density at radius 1 is 1.12 bits per heavy atom. The molecular weight excluding hydrogens is 420 g/mol. The van der Waals surface area contributed by atoms with Crippen molar-refractivity contribution in [3.63, 3.8) is 0 Å². The molecule has 9 nitrogen and oxygen atoms in total. The number of hydrogen-bond donors (Lipinski definition) is 2. The van der Waals surface area contributed by atoms with Crippen molar-refractivity contribution >= 4 is 23.6 Å². The summed E-state index contributed by atoms with van der Waals surface area (Å²) in [6.45, 7) is 9.65. The minimum Gasteiger partial charge on any atom is -0.491 e. The topological polar surface area (TPSA) is 119 Å². The van der Waals surface area contributed by atoms with Crippen LogP contribution < -0.4 is 21.1 Å². The third-order valence-electron chi connectivity index (χ3n) is 6.28. The summed E-state index contributed by atoms with van der Waals surface area (Å²) >= 11 is 0. The second-order valence-electron chi connectivity index (χ2n) is 8.51. The molecule has 9 heteroatoms. The highest BCUT2D eigenvalue weighted by atomic mass is 16.5. The summed E-state index contributed by atoms with van der Waals surface area (Å²) in [5.41, 5.74) is 12.9. The maximum atomic E-state index is 12.9. The van der Waals surface area contributed by atoms with Crippen LogP contribution in [0.4, 0.5) is 5.69 Å². The van der Waals surface area contributed by atoms with Crippen LogP contribution in [-0.2, 0) is 4.74 Å². The van der Waals surface area contributed by atoms with E-state index in [1.807, 2.05) is 11.8 Å². The van der Waals surface area contributed by atoms with Crippen molar-refractivity contribution < 1.29 is 14.3 Å². The van der Waals surface area contributed by atoms with Gasteiger partial charge in [-0.15, -0.1) is 0 Å². The number of hydrogen-bond acceptors (Lipinski definition) is 9. The Labute approximate surface area is 196 Å². The molecule has 0 amide bonds. The Bertz CT molecular complexity index is 875. The Hall–Kier alpha value is -2.81. The molecule has 0 bridgehead atoms. The summed E-state index contributed by atoms with van der Waals surface area (Å²) in [5.74, 6) is 0.709. The molecule has 1 fully saturated rings. The molecule has 2 aliphatic rings. The van der Waals surface area contributed by atoms with Gasteiger partial charge in [0, 0.05) is 6.54 Å². The molecule has 1 aliphatic heterocycles. The minimum absolute atomic E-state index is 0.189. The van der Waals surface area contributed by atoms with Crippen molar-refractivity contribution in [3.05, 3.63) is 23.8 Å². The fraction of sp³-hybridized carbons (Fsp3) is 0.625. The molecule has 0 radical (unpaired) electrons. The van der Waals surface area contributed by atoms with Crippen LogP contribution >= 0.6 is 0 Å². The standard InChI is InChI=1S/C24H38N6O3/c1-4-15-32-20-11-10-18(21(31)33-16-14-29(5-2)6-3)17-19(20)30-23(26)27-22(25)28-24(30)12-8-7-9-13-24/h10-11,17H,4-9,12-16H2,1-3H3,(H4,25,26,27,28). The monoisotopic (exact) mass is 458 g/mol. The van der Waals surface area contributed by atoms with Crippen LogP contribution in [0.1, 0.15) is 69.7 Å². The highest BCUT2D eigenvalue weighted by Crippen LogP contribution is 2.43. The number of carbonyl (C=O) groups excluding carboxylic acids is 1. The largest absolute Gasteiger partial charge is 0.491 e. The normalized spacial score (nSPS) is 17.6.